The number of rotatable bonds is 5. The van der Waals surface area contributed by atoms with Crippen LogP contribution in [0.1, 0.15) is 5.56 Å². The monoisotopic (exact) mass is 436 g/mol. The number of ether oxygens (including phenoxy) is 1. The molecule has 7 nitrogen and oxygen atoms in total. The molecule has 154 valence electrons. The van der Waals surface area contributed by atoms with Crippen molar-refractivity contribution in [1.82, 2.24) is 19.9 Å². The van der Waals surface area contributed by atoms with E-state index < -0.39 is 0 Å². The van der Waals surface area contributed by atoms with Gasteiger partial charge in [-0.15, -0.1) is 11.3 Å². The fourth-order valence-electron chi connectivity index (χ4n) is 3.27. The zero-order valence-electron chi connectivity index (χ0n) is 17.0. The largest absolute Gasteiger partial charge is 0.497 e. The second kappa shape index (κ2) is 8.41. The molecule has 0 fully saturated rings. The van der Waals surface area contributed by atoms with E-state index in [0.29, 0.717) is 28.1 Å². The number of thiazole rings is 1. The van der Waals surface area contributed by atoms with E-state index in [-0.39, 0.29) is 0 Å². The van der Waals surface area contributed by atoms with E-state index in [1.807, 2.05) is 53.9 Å². The molecule has 1 N–H and O–H groups in total. The van der Waals surface area contributed by atoms with E-state index in [9.17, 15) is 0 Å². The maximum absolute atomic E-state index is 9.16. The van der Waals surface area contributed by atoms with E-state index >= 15 is 0 Å². The summed E-state index contributed by atoms with van der Waals surface area (Å²) in [5.41, 5.74) is 3.87. The molecule has 0 radical (unpaired) electrons. The number of aromatic nitrogens is 4. The first-order valence-electron chi connectivity index (χ1n) is 9.73. The van der Waals surface area contributed by atoms with Crippen LogP contribution >= 0.6 is 11.3 Å². The number of pyridine rings is 1. The summed E-state index contributed by atoms with van der Waals surface area (Å²) in [6.45, 7) is 0. The fourth-order valence-corrected chi connectivity index (χ4v) is 3.99. The van der Waals surface area contributed by atoms with Gasteiger partial charge in [0.15, 0.2) is 11.0 Å². The highest BCUT2D eigenvalue weighted by Gasteiger charge is 2.13. The lowest BCUT2D eigenvalue weighted by atomic mass is 10.1. The average Bonchev–Trinajstić information content (AvgIpc) is 3.33. The minimum absolute atomic E-state index is 0.566. The zero-order chi connectivity index (χ0) is 21.9. The van der Waals surface area contributed by atoms with Gasteiger partial charge in [-0.3, -0.25) is 4.98 Å². The van der Waals surface area contributed by atoms with Gasteiger partial charge in [-0.1, -0.05) is 12.1 Å². The third-order valence-electron chi connectivity index (χ3n) is 4.84. The van der Waals surface area contributed by atoms with Crippen LogP contribution < -0.4 is 10.1 Å². The van der Waals surface area contributed by atoms with Gasteiger partial charge in [-0.05, 0) is 42.5 Å². The molecule has 5 aromatic rings. The Morgan fingerprint density at radius 3 is 2.72 bits per heavy atom. The van der Waals surface area contributed by atoms with Crippen molar-refractivity contribution in [3.05, 3.63) is 77.9 Å². The first kappa shape index (κ1) is 19.6. The number of nitrogens with zero attached hydrogens (tertiary/aromatic N) is 5. The Morgan fingerprint density at radius 2 is 1.91 bits per heavy atom. The average molecular weight is 437 g/mol. The predicted molar refractivity (Wildman–Crippen MR) is 125 cm³/mol. The normalized spacial score (nSPS) is 10.6. The zero-order valence-corrected chi connectivity index (χ0v) is 17.8. The molecule has 0 atom stereocenters. The van der Waals surface area contributed by atoms with Gasteiger partial charge in [0.25, 0.3) is 0 Å². The fraction of sp³-hybridized carbons (Fsp3) is 0.0417. The second-order valence-electron chi connectivity index (χ2n) is 6.88. The molecule has 2 aromatic carbocycles. The summed E-state index contributed by atoms with van der Waals surface area (Å²) < 4.78 is 5.39. The molecule has 0 saturated heterocycles. The lowest BCUT2D eigenvalue weighted by Gasteiger charge is -2.10. The number of nitriles is 1. The summed E-state index contributed by atoms with van der Waals surface area (Å²) >= 11 is 1.46. The van der Waals surface area contributed by atoms with Gasteiger partial charge in [-0.25, -0.2) is 15.0 Å². The SMILES string of the molecule is COc1ccc2nc(-c3cccnc3)nc(Nc3nc(-c4cccc(C#N)c4)cs3)c2c1. The van der Waals surface area contributed by atoms with Crippen LogP contribution in [0, 0.1) is 11.3 Å². The first-order chi connectivity index (χ1) is 15.7. The van der Waals surface area contributed by atoms with E-state index in [2.05, 4.69) is 16.4 Å². The highest BCUT2D eigenvalue weighted by atomic mass is 32.1. The summed E-state index contributed by atoms with van der Waals surface area (Å²) in [4.78, 5) is 18.3. The number of hydrogen-bond donors (Lipinski definition) is 1. The summed E-state index contributed by atoms with van der Waals surface area (Å²) in [6, 6.07) is 19.0. The van der Waals surface area contributed by atoms with Gasteiger partial charge < -0.3 is 10.1 Å². The van der Waals surface area contributed by atoms with Crippen LogP contribution in [-0.4, -0.2) is 27.0 Å². The van der Waals surface area contributed by atoms with E-state index in [1.165, 1.54) is 11.3 Å². The predicted octanol–water partition coefficient (Wildman–Crippen LogP) is 5.44. The number of anilines is 2. The van der Waals surface area contributed by atoms with Crippen molar-refractivity contribution in [2.24, 2.45) is 0 Å². The van der Waals surface area contributed by atoms with E-state index in [1.54, 1.807) is 25.6 Å². The number of methoxy groups -OCH3 is 1. The van der Waals surface area contributed by atoms with Gasteiger partial charge in [0.2, 0.25) is 0 Å². The Bertz CT molecular complexity index is 1460. The Labute approximate surface area is 188 Å². The highest BCUT2D eigenvalue weighted by molar-refractivity contribution is 7.14. The molecule has 8 heteroatoms. The molecule has 0 bridgehead atoms. The van der Waals surface area contributed by atoms with Crippen LogP contribution in [0.5, 0.6) is 5.75 Å². The Balaban J connectivity index is 1.57. The second-order valence-corrected chi connectivity index (χ2v) is 7.73. The molecule has 0 aliphatic carbocycles. The quantitative estimate of drug-likeness (QED) is 0.392. The van der Waals surface area contributed by atoms with Gasteiger partial charge in [-0.2, -0.15) is 5.26 Å². The molecular weight excluding hydrogens is 420 g/mol. The van der Waals surface area contributed by atoms with Crippen LogP contribution in [-0.2, 0) is 0 Å². The molecule has 0 aliphatic rings. The van der Waals surface area contributed by atoms with Gasteiger partial charge in [0.05, 0.1) is 30.0 Å². The number of nitrogens with one attached hydrogen (secondary N) is 1. The smallest absolute Gasteiger partial charge is 0.188 e. The Hall–Kier alpha value is -4.35. The van der Waals surface area contributed by atoms with E-state index in [0.717, 1.165) is 27.7 Å². The molecule has 0 aliphatic heterocycles. The van der Waals surface area contributed by atoms with Gasteiger partial charge in [0, 0.05) is 34.3 Å². The van der Waals surface area contributed by atoms with Crippen LogP contribution in [0.15, 0.2) is 72.4 Å². The molecular formula is C24H16N6OS. The van der Waals surface area contributed by atoms with Crippen molar-refractivity contribution in [1.29, 1.82) is 5.26 Å². The Kier molecular flexibility index (Phi) is 5.15. The number of benzene rings is 2. The molecule has 3 aromatic heterocycles. The standard InChI is InChI=1S/C24H16N6OS/c1-31-18-7-8-20-19(11-18)23(29-22(27-20)17-6-3-9-26-13-17)30-24-28-21(14-32-24)16-5-2-4-15(10-16)12-25/h2-11,13-14H,1H3,(H,27,28,29,30). The van der Waals surface area contributed by atoms with E-state index in [4.69, 9.17) is 25.0 Å². The maximum Gasteiger partial charge on any atom is 0.188 e. The lowest BCUT2D eigenvalue weighted by molar-refractivity contribution is 0.415. The van der Waals surface area contributed by atoms with Crippen LogP contribution in [0.4, 0.5) is 10.9 Å². The number of hydrogen-bond acceptors (Lipinski definition) is 8. The summed E-state index contributed by atoms with van der Waals surface area (Å²) in [7, 11) is 1.63. The topological polar surface area (TPSA) is 96.6 Å². The molecule has 0 amide bonds. The molecule has 0 spiro atoms. The molecule has 0 unspecified atom stereocenters. The third-order valence-corrected chi connectivity index (χ3v) is 5.60. The highest BCUT2D eigenvalue weighted by Crippen LogP contribution is 2.32. The summed E-state index contributed by atoms with van der Waals surface area (Å²) in [6.07, 6.45) is 3.45. The van der Waals surface area contributed by atoms with Gasteiger partial charge in [0.1, 0.15) is 11.6 Å². The van der Waals surface area contributed by atoms with Crippen molar-refractivity contribution in [3.8, 4) is 34.5 Å². The molecule has 3 heterocycles. The van der Waals surface area contributed by atoms with Crippen molar-refractivity contribution in [2.45, 2.75) is 0 Å². The minimum Gasteiger partial charge on any atom is -0.497 e. The van der Waals surface area contributed by atoms with Crippen LogP contribution in [0.25, 0.3) is 33.5 Å². The van der Waals surface area contributed by atoms with Gasteiger partial charge >= 0.3 is 0 Å². The van der Waals surface area contributed by atoms with Crippen molar-refractivity contribution < 1.29 is 4.74 Å². The Morgan fingerprint density at radius 1 is 1.00 bits per heavy atom. The molecule has 32 heavy (non-hydrogen) atoms. The third kappa shape index (κ3) is 3.85. The number of fused-ring (bicyclic) bond motifs is 1. The summed E-state index contributed by atoms with van der Waals surface area (Å²) in [5, 5.41) is 16.0. The van der Waals surface area contributed by atoms with Crippen LogP contribution in [0.3, 0.4) is 0 Å². The minimum atomic E-state index is 0.566. The maximum atomic E-state index is 9.16. The van der Waals surface area contributed by atoms with Crippen molar-refractivity contribution in [3.63, 3.8) is 0 Å². The summed E-state index contributed by atoms with van der Waals surface area (Å²) in [5.74, 6) is 1.91. The first-order valence-corrected chi connectivity index (χ1v) is 10.6. The lowest BCUT2D eigenvalue weighted by Crippen LogP contribution is -2.00. The van der Waals surface area contributed by atoms with Crippen LogP contribution in [0.2, 0.25) is 0 Å². The molecule has 5 rings (SSSR count). The van der Waals surface area contributed by atoms with Crippen molar-refractivity contribution >= 4 is 33.2 Å². The molecule has 0 saturated carbocycles. The van der Waals surface area contributed by atoms with Crippen molar-refractivity contribution in [2.75, 3.05) is 12.4 Å².